The Morgan fingerprint density at radius 3 is 2.31 bits per heavy atom. The zero-order valence-corrected chi connectivity index (χ0v) is 38.9. The summed E-state index contributed by atoms with van der Waals surface area (Å²) in [6.45, 7) is 9.13. The number of aromatic amines is 2. The Bertz CT molecular complexity index is 2830. The van der Waals surface area contributed by atoms with Crippen LogP contribution >= 0.6 is 0 Å². The number of benzene rings is 4. The van der Waals surface area contributed by atoms with Crippen molar-refractivity contribution >= 4 is 45.8 Å². The average molecular weight is 919 g/mol. The van der Waals surface area contributed by atoms with E-state index in [1.54, 1.807) is 16.0 Å². The van der Waals surface area contributed by atoms with Crippen LogP contribution in [0.4, 0.5) is 9.59 Å². The number of fused-ring (bicyclic) bond motifs is 3. The van der Waals surface area contributed by atoms with Gasteiger partial charge >= 0.3 is 12.2 Å². The SMILES string of the molecule is C#C[C@@H](CN(Cc1nc2c(ccc3cc(-c4ccc(-c5cnc([C@@H]6CCCN6C(=O)[C@H](NC(=O)OC)c6ccccc6)[nH]5)cc4)ccc32)[nH]1)C(=O)[C@@H](NC(=O)OC)C(C)C)C(=C)OCC1CCC1. The summed E-state index contributed by atoms with van der Waals surface area (Å²) in [6.07, 6.45) is 11.4. The second-order valence-corrected chi connectivity index (χ2v) is 17.9. The summed E-state index contributed by atoms with van der Waals surface area (Å²) in [6, 6.07) is 25.6. The van der Waals surface area contributed by atoms with Gasteiger partial charge in [-0.15, -0.1) is 6.42 Å². The summed E-state index contributed by atoms with van der Waals surface area (Å²) in [5.74, 6) is 3.54. The van der Waals surface area contributed by atoms with Crippen LogP contribution in [0.25, 0.3) is 44.2 Å². The van der Waals surface area contributed by atoms with Crippen LogP contribution < -0.4 is 10.6 Å². The molecule has 4 aromatic carbocycles. The maximum Gasteiger partial charge on any atom is 0.407 e. The van der Waals surface area contributed by atoms with Crippen molar-refractivity contribution in [1.82, 2.24) is 40.4 Å². The number of alkyl carbamates (subject to hydrolysis) is 2. The molecule has 8 rings (SSSR count). The first-order valence-corrected chi connectivity index (χ1v) is 23.1. The molecule has 2 fully saturated rings. The Kier molecular flexibility index (Phi) is 14.4. The summed E-state index contributed by atoms with van der Waals surface area (Å²) < 4.78 is 15.7. The smallest absolute Gasteiger partial charge is 0.407 e. The number of rotatable bonds is 17. The minimum Gasteiger partial charge on any atom is -0.497 e. The van der Waals surface area contributed by atoms with E-state index in [1.165, 1.54) is 20.6 Å². The van der Waals surface area contributed by atoms with E-state index < -0.39 is 30.2 Å². The molecule has 6 aromatic rings. The van der Waals surface area contributed by atoms with E-state index in [4.69, 9.17) is 30.6 Å². The van der Waals surface area contributed by atoms with Crippen molar-refractivity contribution in [2.45, 2.75) is 70.6 Å². The molecule has 4 N–H and O–H groups in total. The van der Waals surface area contributed by atoms with Gasteiger partial charge in [0.25, 0.3) is 5.91 Å². The summed E-state index contributed by atoms with van der Waals surface area (Å²) in [5, 5.41) is 7.35. The van der Waals surface area contributed by atoms with Gasteiger partial charge in [-0.3, -0.25) is 9.59 Å². The lowest BCUT2D eigenvalue weighted by molar-refractivity contribution is -0.136. The highest BCUT2D eigenvalue weighted by Crippen LogP contribution is 2.35. The number of terminal acetylenes is 1. The second kappa shape index (κ2) is 20.9. The third kappa shape index (κ3) is 10.3. The summed E-state index contributed by atoms with van der Waals surface area (Å²) in [5.41, 5.74) is 6.04. The molecule has 15 nitrogen and oxygen atoms in total. The molecule has 15 heteroatoms. The Hall–Kier alpha value is -7.60. The lowest BCUT2D eigenvalue weighted by atomic mass is 9.86. The first-order valence-electron chi connectivity index (χ1n) is 23.1. The fourth-order valence-electron chi connectivity index (χ4n) is 8.96. The first kappa shape index (κ1) is 46.9. The summed E-state index contributed by atoms with van der Waals surface area (Å²) in [4.78, 5) is 72.9. The van der Waals surface area contributed by atoms with Gasteiger partial charge in [-0.2, -0.15) is 0 Å². The van der Waals surface area contributed by atoms with E-state index in [0.717, 1.165) is 69.9 Å². The predicted octanol–water partition coefficient (Wildman–Crippen LogP) is 8.82. The third-order valence-corrected chi connectivity index (χ3v) is 13.1. The van der Waals surface area contributed by atoms with Gasteiger partial charge in [-0.05, 0) is 77.3 Å². The van der Waals surface area contributed by atoms with Crippen molar-refractivity contribution in [3.63, 3.8) is 0 Å². The number of carbonyl (C=O) groups is 4. The molecule has 2 aliphatic rings. The molecule has 2 aromatic heterocycles. The van der Waals surface area contributed by atoms with Crippen molar-refractivity contribution in [2.75, 3.05) is 33.9 Å². The molecule has 4 atom stereocenters. The third-order valence-electron chi connectivity index (χ3n) is 13.1. The molecule has 352 valence electrons. The number of imidazole rings is 2. The lowest BCUT2D eigenvalue weighted by Crippen LogP contribution is -2.52. The fraction of sp³-hybridized carbons (Fsp3) is 0.358. The number of nitrogens with one attached hydrogen (secondary N) is 4. The van der Waals surface area contributed by atoms with Crippen LogP contribution in [0.1, 0.15) is 75.2 Å². The molecule has 0 radical (unpaired) electrons. The van der Waals surface area contributed by atoms with Gasteiger partial charge < -0.3 is 44.6 Å². The van der Waals surface area contributed by atoms with Gasteiger partial charge in [0.05, 0.1) is 62.3 Å². The van der Waals surface area contributed by atoms with Gasteiger partial charge in [0.1, 0.15) is 29.5 Å². The van der Waals surface area contributed by atoms with E-state index in [0.29, 0.717) is 42.0 Å². The summed E-state index contributed by atoms with van der Waals surface area (Å²) in [7, 11) is 2.54. The molecule has 0 spiro atoms. The molecule has 0 bridgehead atoms. The van der Waals surface area contributed by atoms with Crippen LogP contribution in [0.3, 0.4) is 0 Å². The van der Waals surface area contributed by atoms with E-state index >= 15 is 0 Å². The van der Waals surface area contributed by atoms with E-state index in [1.807, 2.05) is 68.4 Å². The van der Waals surface area contributed by atoms with Crippen molar-refractivity contribution in [2.24, 2.45) is 17.8 Å². The summed E-state index contributed by atoms with van der Waals surface area (Å²) >= 11 is 0. The van der Waals surface area contributed by atoms with Crippen LogP contribution in [-0.2, 0) is 30.3 Å². The average Bonchev–Trinajstić information content (AvgIpc) is 4.13. The Morgan fingerprint density at radius 1 is 0.897 bits per heavy atom. The molecule has 3 heterocycles. The number of aromatic nitrogens is 4. The molecular weight excluding hydrogens is 861 g/mol. The molecule has 1 saturated heterocycles. The maximum absolute atomic E-state index is 14.3. The lowest BCUT2D eigenvalue weighted by Gasteiger charge is -2.31. The van der Waals surface area contributed by atoms with E-state index in [-0.39, 0.29) is 36.9 Å². The number of methoxy groups -OCH3 is 2. The normalized spacial score (nSPS) is 16.1. The molecule has 1 aliphatic carbocycles. The molecule has 1 saturated carbocycles. The van der Waals surface area contributed by atoms with Gasteiger partial charge in [-0.1, -0.05) is 106 Å². The molecule has 1 aliphatic heterocycles. The van der Waals surface area contributed by atoms with Crippen molar-refractivity contribution in [3.05, 3.63) is 121 Å². The largest absolute Gasteiger partial charge is 0.497 e. The van der Waals surface area contributed by atoms with Crippen LogP contribution in [0.5, 0.6) is 0 Å². The van der Waals surface area contributed by atoms with E-state index in [2.05, 4.69) is 63.4 Å². The standard InChI is InChI=1S/C53H58N8O7/c1-7-35(33(4)68-31-34-13-11-14-34)29-60(50(62)46(32(2)3)58-52(64)66-5)30-45-55-42-25-23-40-27-39(22-24-41(40)48(42)57-45)36-18-20-37(21-19-36)43-28-54-49(56-43)44-17-12-26-61(44)51(63)47(59-53(65)67-6)38-15-9-8-10-16-38/h1,8-10,15-16,18-25,27-28,32,34-35,44,46-47H,4,11-14,17,26,29-31H2,2-3,5-6H3,(H,54,56)(H,55,57)(H,58,64)(H,59,65)/t35-,44-,46-,47+/m0/s1. The zero-order valence-electron chi connectivity index (χ0n) is 38.9. The van der Waals surface area contributed by atoms with Crippen LogP contribution in [-0.4, -0.2) is 93.7 Å². The minimum absolute atomic E-state index is 0.0949. The van der Waals surface area contributed by atoms with Crippen LogP contribution in [0, 0.1) is 30.1 Å². The fourth-order valence-corrected chi connectivity index (χ4v) is 8.96. The molecule has 0 unspecified atom stereocenters. The molecule has 4 amide bonds. The zero-order chi connectivity index (χ0) is 47.9. The van der Waals surface area contributed by atoms with Crippen molar-refractivity contribution in [1.29, 1.82) is 0 Å². The maximum atomic E-state index is 14.3. The highest BCUT2D eigenvalue weighted by Gasteiger charge is 2.37. The van der Waals surface area contributed by atoms with Gasteiger partial charge in [0.2, 0.25) is 5.91 Å². The molecule has 68 heavy (non-hydrogen) atoms. The Morgan fingerprint density at radius 2 is 1.62 bits per heavy atom. The number of amides is 4. The molecular formula is C53H58N8O7. The topological polar surface area (TPSA) is 184 Å². The van der Waals surface area contributed by atoms with Crippen molar-refractivity contribution < 1.29 is 33.4 Å². The predicted molar refractivity (Wildman–Crippen MR) is 259 cm³/mol. The minimum atomic E-state index is -0.898. The number of nitrogens with zero attached hydrogens (tertiary/aromatic N) is 4. The Balaban J connectivity index is 0.986. The van der Waals surface area contributed by atoms with Crippen molar-refractivity contribution in [3.8, 4) is 34.7 Å². The van der Waals surface area contributed by atoms with Gasteiger partial charge in [0.15, 0.2) is 0 Å². The van der Waals surface area contributed by atoms with Gasteiger partial charge in [-0.25, -0.2) is 19.6 Å². The highest BCUT2D eigenvalue weighted by atomic mass is 16.5. The number of likely N-dealkylation sites (tertiary alicyclic amines) is 1. The number of ether oxygens (including phenoxy) is 3. The first-order chi connectivity index (χ1) is 32.9. The van der Waals surface area contributed by atoms with Gasteiger partial charge in [0, 0.05) is 18.5 Å². The number of hydrogen-bond donors (Lipinski definition) is 4. The van der Waals surface area contributed by atoms with Crippen LogP contribution in [0.2, 0.25) is 0 Å². The second-order valence-electron chi connectivity index (χ2n) is 17.9. The number of hydrogen-bond acceptors (Lipinski definition) is 9. The van der Waals surface area contributed by atoms with E-state index in [9.17, 15) is 19.2 Å². The number of H-pyrrole nitrogens is 2. The quantitative estimate of drug-likeness (QED) is 0.0513. The van der Waals surface area contributed by atoms with Crippen LogP contribution in [0.15, 0.2) is 103 Å². The monoisotopic (exact) mass is 918 g/mol. The number of carbonyl (C=O) groups excluding carboxylic acids is 4. The highest BCUT2D eigenvalue weighted by molar-refractivity contribution is 6.05. The Labute approximate surface area is 396 Å².